The monoisotopic (exact) mass is 369 g/mol. The summed E-state index contributed by atoms with van der Waals surface area (Å²) in [6.45, 7) is 10.4. The molecule has 0 atom stereocenters. The average Bonchev–Trinajstić information content (AvgIpc) is 2.69. The molecular formula is C20H27N5O2. The molecule has 2 aromatic rings. The molecule has 0 aliphatic carbocycles. The molecule has 3 rings (SSSR count). The molecule has 1 aromatic carbocycles. The van der Waals surface area contributed by atoms with Crippen LogP contribution >= 0.6 is 0 Å². The quantitative estimate of drug-likeness (QED) is 0.844. The Hall–Kier alpha value is -2.67. The van der Waals surface area contributed by atoms with E-state index in [2.05, 4.69) is 27.1 Å². The topological polar surface area (TPSA) is 70.6 Å². The smallest absolute Gasteiger partial charge is 0.274 e. The Morgan fingerprint density at radius 2 is 1.81 bits per heavy atom. The zero-order valence-corrected chi connectivity index (χ0v) is 16.2. The molecule has 0 spiro atoms. The maximum absolute atomic E-state index is 12.6. The molecule has 1 N–H and O–H groups in total. The lowest BCUT2D eigenvalue weighted by Crippen LogP contribution is -2.48. The number of rotatable bonds is 6. The second-order valence-corrected chi connectivity index (χ2v) is 6.83. The number of hydrogen-bond acceptors (Lipinski definition) is 6. The van der Waals surface area contributed by atoms with Gasteiger partial charge in [-0.05, 0) is 44.7 Å². The van der Waals surface area contributed by atoms with E-state index in [1.54, 1.807) is 6.20 Å². The van der Waals surface area contributed by atoms with Crippen LogP contribution in [-0.2, 0) is 0 Å². The van der Waals surface area contributed by atoms with Crippen molar-refractivity contribution in [1.82, 2.24) is 19.8 Å². The van der Waals surface area contributed by atoms with Gasteiger partial charge in [-0.25, -0.2) is 9.97 Å². The second kappa shape index (κ2) is 8.81. The van der Waals surface area contributed by atoms with Crippen LogP contribution in [0, 0.1) is 0 Å². The third kappa shape index (κ3) is 5.17. The van der Waals surface area contributed by atoms with Crippen molar-refractivity contribution in [3.63, 3.8) is 0 Å². The number of anilines is 2. The Bertz CT molecular complexity index is 738. The minimum Gasteiger partial charge on any atom is -0.491 e. The van der Waals surface area contributed by atoms with Crippen LogP contribution in [-0.4, -0.2) is 64.5 Å². The van der Waals surface area contributed by atoms with Gasteiger partial charge < -0.3 is 19.9 Å². The maximum Gasteiger partial charge on any atom is 0.274 e. The third-order valence-electron chi connectivity index (χ3n) is 4.48. The molecule has 0 bridgehead atoms. The predicted octanol–water partition coefficient (Wildman–Crippen LogP) is 2.79. The summed E-state index contributed by atoms with van der Waals surface area (Å²) in [7, 11) is 0. The summed E-state index contributed by atoms with van der Waals surface area (Å²) < 4.78 is 5.63. The summed E-state index contributed by atoms with van der Waals surface area (Å²) in [4.78, 5) is 25.4. The number of nitrogens with zero attached hydrogens (tertiary/aromatic N) is 4. The molecule has 1 aliphatic heterocycles. The SMILES string of the molecule is CCN1CCN(C(=O)c2cnc(Nc3ccc(OC(C)C)cc3)cn2)CC1. The molecule has 1 aromatic heterocycles. The number of nitrogens with one attached hydrogen (secondary N) is 1. The summed E-state index contributed by atoms with van der Waals surface area (Å²) in [5, 5.41) is 3.18. The highest BCUT2D eigenvalue weighted by Crippen LogP contribution is 2.19. The average molecular weight is 369 g/mol. The Balaban J connectivity index is 1.57. The standard InChI is InChI=1S/C20H27N5O2/c1-4-24-9-11-25(12-10-24)20(26)18-13-22-19(14-21-18)23-16-5-7-17(8-6-16)27-15(2)3/h5-8,13-15H,4,9-12H2,1-3H3,(H,22,23). The first kappa shape index (κ1) is 19.1. The molecule has 0 saturated carbocycles. The summed E-state index contributed by atoms with van der Waals surface area (Å²) in [6, 6.07) is 7.66. The number of hydrogen-bond donors (Lipinski definition) is 1. The van der Waals surface area contributed by atoms with Gasteiger partial charge in [0.25, 0.3) is 5.91 Å². The Morgan fingerprint density at radius 3 is 2.37 bits per heavy atom. The van der Waals surface area contributed by atoms with E-state index in [0.717, 1.165) is 44.2 Å². The van der Waals surface area contributed by atoms with Crippen LogP contribution in [0.4, 0.5) is 11.5 Å². The normalized spacial score (nSPS) is 15.0. The highest BCUT2D eigenvalue weighted by atomic mass is 16.5. The molecule has 144 valence electrons. The van der Waals surface area contributed by atoms with Gasteiger partial charge >= 0.3 is 0 Å². The van der Waals surface area contributed by atoms with Crippen LogP contribution in [0.5, 0.6) is 5.75 Å². The zero-order valence-electron chi connectivity index (χ0n) is 16.2. The van der Waals surface area contributed by atoms with Crippen molar-refractivity contribution in [3.05, 3.63) is 42.4 Å². The van der Waals surface area contributed by atoms with Gasteiger partial charge in [-0.1, -0.05) is 6.92 Å². The van der Waals surface area contributed by atoms with Crippen LogP contribution in [0.1, 0.15) is 31.3 Å². The molecule has 7 heteroatoms. The number of carbonyl (C=O) groups excluding carboxylic acids is 1. The minimum atomic E-state index is -0.0556. The van der Waals surface area contributed by atoms with Gasteiger partial charge in [-0.15, -0.1) is 0 Å². The van der Waals surface area contributed by atoms with Crippen LogP contribution in [0.25, 0.3) is 0 Å². The van der Waals surface area contributed by atoms with Crippen molar-refractivity contribution in [2.75, 3.05) is 38.0 Å². The Labute approximate surface area is 160 Å². The van der Waals surface area contributed by atoms with E-state index in [9.17, 15) is 4.79 Å². The van der Waals surface area contributed by atoms with E-state index in [-0.39, 0.29) is 12.0 Å². The van der Waals surface area contributed by atoms with E-state index < -0.39 is 0 Å². The lowest BCUT2D eigenvalue weighted by Gasteiger charge is -2.33. The minimum absolute atomic E-state index is 0.0556. The molecule has 1 saturated heterocycles. The Kier molecular flexibility index (Phi) is 6.24. The van der Waals surface area contributed by atoms with Gasteiger partial charge in [0.2, 0.25) is 0 Å². The second-order valence-electron chi connectivity index (χ2n) is 6.83. The molecular weight excluding hydrogens is 342 g/mol. The first-order valence-electron chi connectivity index (χ1n) is 9.42. The van der Waals surface area contributed by atoms with Crippen LogP contribution in [0.3, 0.4) is 0 Å². The summed E-state index contributed by atoms with van der Waals surface area (Å²) in [5.74, 6) is 1.37. The molecule has 27 heavy (non-hydrogen) atoms. The molecule has 1 amide bonds. The van der Waals surface area contributed by atoms with Gasteiger partial charge in [-0.2, -0.15) is 0 Å². The molecule has 0 radical (unpaired) electrons. The fraction of sp³-hybridized carbons (Fsp3) is 0.450. The van der Waals surface area contributed by atoms with Crippen molar-refractivity contribution in [3.8, 4) is 5.75 Å². The van der Waals surface area contributed by atoms with Crippen molar-refractivity contribution < 1.29 is 9.53 Å². The summed E-state index contributed by atoms with van der Waals surface area (Å²) in [5.41, 5.74) is 1.27. The van der Waals surface area contributed by atoms with E-state index in [0.29, 0.717) is 11.5 Å². The number of likely N-dealkylation sites (N-methyl/N-ethyl adjacent to an activating group) is 1. The van der Waals surface area contributed by atoms with Gasteiger partial charge in [0, 0.05) is 31.9 Å². The number of benzene rings is 1. The number of piperazine rings is 1. The number of carbonyl (C=O) groups is 1. The molecule has 7 nitrogen and oxygen atoms in total. The van der Waals surface area contributed by atoms with Crippen LogP contribution in [0.2, 0.25) is 0 Å². The van der Waals surface area contributed by atoms with Crippen molar-refractivity contribution in [2.24, 2.45) is 0 Å². The van der Waals surface area contributed by atoms with Crippen molar-refractivity contribution in [2.45, 2.75) is 26.9 Å². The molecule has 1 aliphatic rings. The van der Waals surface area contributed by atoms with Gasteiger partial charge in [-0.3, -0.25) is 4.79 Å². The fourth-order valence-corrected chi connectivity index (χ4v) is 2.97. The number of aromatic nitrogens is 2. The predicted molar refractivity (Wildman–Crippen MR) is 106 cm³/mol. The summed E-state index contributed by atoms with van der Waals surface area (Å²) in [6.07, 6.45) is 3.27. The summed E-state index contributed by atoms with van der Waals surface area (Å²) >= 11 is 0. The largest absolute Gasteiger partial charge is 0.491 e. The first-order valence-corrected chi connectivity index (χ1v) is 9.42. The number of ether oxygens (including phenoxy) is 1. The van der Waals surface area contributed by atoms with E-state index in [4.69, 9.17) is 4.74 Å². The fourth-order valence-electron chi connectivity index (χ4n) is 2.97. The van der Waals surface area contributed by atoms with Crippen LogP contribution in [0.15, 0.2) is 36.7 Å². The highest BCUT2D eigenvalue weighted by Gasteiger charge is 2.22. The Morgan fingerprint density at radius 1 is 1.11 bits per heavy atom. The number of amides is 1. The van der Waals surface area contributed by atoms with Crippen molar-refractivity contribution >= 4 is 17.4 Å². The molecule has 0 unspecified atom stereocenters. The first-order chi connectivity index (χ1) is 13.0. The van der Waals surface area contributed by atoms with Gasteiger partial charge in [0.05, 0.1) is 18.5 Å². The van der Waals surface area contributed by atoms with Gasteiger partial charge in [0.15, 0.2) is 0 Å². The third-order valence-corrected chi connectivity index (χ3v) is 4.48. The van der Waals surface area contributed by atoms with Gasteiger partial charge in [0.1, 0.15) is 17.3 Å². The van der Waals surface area contributed by atoms with E-state index in [1.165, 1.54) is 6.20 Å². The zero-order chi connectivity index (χ0) is 19.2. The van der Waals surface area contributed by atoms with E-state index >= 15 is 0 Å². The highest BCUT2D eigenvalue weighted by molar-refractivity contribution is 5.92. The lowest BCUT2D eigenvalue weighted by molar-refractivity contribution is 0.0637. The molecule has 2 heterocycles. The molecule has 1 fully saturated rings. The van der Waals surface area contributed by atoms with E-state index in [1.807, 2.05) is 43.0 Å². The van der Waals surface area contributed by atoms with Crippen molar-refractivity contribution in [1.29, 1.82) is 0 Å². The lowest BCUT2D eigenvalue weighted by atomic mass is 10.3. The maximum atomic E-state index is 12.6. The van der Waals surface area contributed by atoms with Crippen LogP contribution < -0.4 is 10.1 Å².